The summed E-state index contributed by atoms with van der Waals surface area (Å²) in [5.41, 5.74) is 2.12. The number of benzene rings is 2. The van der Waals surface area contributed by atoms with Gasteiger partial charge in [0.25, 0.3) is 0 Å². The van der Waals surface area contributed by atoms with Crippen LogP contribution in [0.5, 0.6) is 5.75 Å². The number of carbonyl (C=O) groups is 1. The molecule has 112 valence electrons. The Bertz CT molecular complexity index is 836. The number of rotatable bonds is 4. The van der Waals surface area contributed by atoms with Crippen molar-refractivity contribution < 1.29 is 13.9 Å². The largest absolute Gasteiger partial charge is 0.417 e. The molecule has 1 aromatic heterocycles. The molecule has 3 aromatic rings. The lowest BCUT2D eigenvalue weighted by Crippen LogP contribution is -2.28. The summed E-state index contributed by atoms with van der Waals surface area (Å²) in [5.74, 6) is 0.0206. The second kappa shape index (κ2) is 6.17. The highest BCUT2D eigenvalue weighted by molar-refractivity contribution is 5.73. The molecule has 0 atom stereocenters. The Labute approximate surface area is 125 Å². The van der Waals surface area contributed by atoms with Gasteiger partial charge < -0.3 is 14.5 Å². The minimum absolute atomic E-state index is 0.422. The molecule has 22 heavy (non-hydrogen) atoms. The first-order chi connectivity index (χ1) is 10.7. The topological polar surface area (TPSA) is 84.3 Å². The van der Waals surface area contributed by atoms with E-state index in [4.69, 9.17) is 9.15 Å². The number of H-pyrrole nitrogens is 1. The van der Waals surface area contributed by atoms with E-state index < -0.39 is 11.8 Å². The zero-order chi connectivity index (χ0) is 15.4. The van der Waals surface area contributed by atoms with Crippen molar-refractivity contribution in [3.8, 4) is 5.75 Å². The lowest BCUT2D eigenvalue weighted by atomic mass is 10.1. The fourth-order valence-electron chi connectivity index (χ4n) is 2.09. The van der Waals surface area contributed by atoms with Crippen molar-refractivity contribution in [2.24, 2.45) is 0 Å². The van der Waals surface area contributed by atoms with Gasteiger partial charge in [-0.3, -0.25) is 4.98 Å². The number of hydrogen-bond donors (Lipinski definition) is 2. The normalized spacial score (nSPS) is 10.5. The number of aromatic amines is 1. The fraction of sp³-hybridized carbons (Fsp3) is 0.125. The molecule has 0 bridgehead atoms. The maximum Gasteiger partial charge on any atom is 0.417 e. The minimum atomic E-state index is -0.500. The predicted octanol–water partition coefficient (Wildman–Crippen LogP) is 2.45. The van der Waals surface area contributed by atoms with Gasteiger partial charge in [0, 0.05) is 6.54 Å². The highest BCUT2D eigenvalue weighted by Crippen LogP contribution is 2.12. The Morgan fingerprint density at radius 2 is 2.00 bits per heavy atom. The Balaban J connectivity index is 1.53. The van der Waals surface area contributed by atoms with Crippen LogP contribution in [-0.4, -0.2) is 17.6 Å². The van der Waals surface area contributed by atoms with E-state index in [1.54, 1.807) is 36.4 Å². The van der Waals surface area contributed by atoms with Crippen LogP contribution in [0.3, 0.4) is 0 Å². The number of oxazole rings is 1. The second-order valence-electron chi connectivity index (χ2n) is 4.72. The first-order valence-corrected chi connectivity index (χ1v) is 6.83. The van der Waals surface area contributed by atoms with Crippen LogP contribution in [-0.2, 0) is 6.42 Å². The molecule has 0 fully saturated rings. The van der Waals surface area contributed by atoms with Gasteiger partial charge in [-0.2, -0.15) is 0 Å². The third kappa shape index (κ3) is 3.35. The number of hydrogen-bond acceptors (Lipinski definition) is 4. The molecule has 3 rings (SSSR count). The molecule has 0 radical (unpaired) electrons. The highest BCUT2D eigenvalue weighted by atomic mass is 16.6. The fourth-order valence-corrected chi connectivity index (χ4v) is 2.09. The SMILES string of the molecule is O=C(NCCc1ccc2[nH]c(=O)oc2c1)Oc1ccccc1. The summed E-state index contributed by atoms with van der Waals surface area (Å²) in [7, 11) is 0. The van der Waals surface area contributed by atoms with Crippen molar-refractivity contribution in [2.75, 3.05) is 6.54 Å². The van der Waals surface area contributed by atoms with Crippen LogP contribution in [0, 0.1) is 0 Å². The Morgan fingerprint density at radius 1 is 1.18 bits per heavy atom. The van der Waals surface area contributed by atoms with E-state index in [1.807, 2.05) is 12.1 Å². The number of nitrogens with one attached hydrogen (secondary N) is 2. The van der Waals surface area contributed by atoms with Gasteiger partial charge in [0.2, 0.25) is 0 Å². The molecule has 2 N–H and O–H groups in total. The number of para-hydroxylation sites is 1. The monoisotopic (exact) mass is 298 g/mol. The van der Waals surface area contributed by atoms with Crippen molar-refractivity contribution in [1.29, 1.82) is 0 Å². The molecular formula is C16H14N2O4. The molecule has 1 amide bonds. The van der Waals surface area contributed by atoms with Gasteiger partial charge in [-0.1, -0.05) is 24.3 Å². The number of aromatic nitrogens is 1. The molecular weight excluding hydrogens is 284 g/mol. The molecule has 1 heterocycles. The van der Waals surface area contributed by atoms with Gasteiger partial charge in [-0.25, -0.2) is 9.59 Å². The third-order valence-electron chi connectivity index (χ3n) is 3.12. The summed E-state index contributed by atoms with van der Waals surface area (Å²) < 4.78 is 10.1. The smallest absolute Gasteiger partial charge is 0.410 e. The van der Waals surface area contributed by atoms with E-state index in [0.29, 0.717) is 29.8 Å². The Hall–Kier alpha value is -3.02. The quantitative estimate of drug-likeness (QED) is 0.775. The summed E-state index contributed by atoms with van der Waals surface area (Å²) in [6.45, 7) is 0.422. The summed E-state index contributed by atoms with van der Waals surface area (Å²) in [5, 5.41) is 2.67. The predicted molar refractivity (Wildman–Crippen MR) is 81.0 cm³/mol. The minimum Gasteiger partial charge on any atom is -0.410 e. The molecule has 0 aliphatic rings. The van der Waals surface area contributed by atoms with E-state index >= 15 is 0 Å². The van der Waals surface area contributed by atoms with E-state index in [9.17, 15) is 9.59 Å². The van der Waals surface area contributed by atoms with Crippen LogP contribution in [0.15, 0.2) is 57.7 Å². The van der Waals surface area contributed by atoms with Crippen molar-refractivity contribution in [3.63, 3.8) is 0 Å². The molecule has 0 unspecified atom stereocenters. The zero-order valence-corrected chi connectivity index (χ0v) is 11.7. The van der Waals surface area contributed by atoms with E-state index in [2.05, 4.69) is 10.3 Å². The van der Waals surface area contributed by atoms with Gasteiger partial charge in [0.15, 0.2) is 5.58 Å². The lowest BCUT2D eigenvalue weighted by molar-refractivity contribution is 0.200. The highest BCUT2D eigenvalue weighted by Gasteiger charge is 2.05. The third-order valence-corrected chi connectivity index (χ3v) is 3.12. The van der Waals surface area contributed by atoms with E-state index in [-0.39, 0.29) is 0 Å². The zero-order valence-electron chi connectivity index (χ0n) is 11.7. The standard InChI is InChI=1S/C16H14N2O4/c19-15(21-12-4-2-1-3-5-12)17-9-8-11-6-7-13-14(10-11)22-16(20)18-13/h1-7,10H,8-9H2,(H,17,19)(H,18,20). The maximum atomic E-state index is 11.6. The van der Waals surface area contributed by atoms with Crippen LogP contribution in [0.2, 0.25) is 0 Å². The van der Waals surface area contributed by atoms with Gasteiger partial charge in [0.1, 0.15) is 5.75 Å². The molecule has 0 aliphatic carbocycles. The molecule has 0 spiro atoms. The number of fused-ring (bicyclic) bond motifs is 1. The van der Waals surface area contributed by atoms with Crippen LogP contribution in [0.1, 0.15) is 5.56 Å². The maximum absolute atomic E-state index is 11.6. The summed E-state index contributed by atoms with van der Waals surface area (Å²) in [4.78, 5) is 25.3. The average molecular weight is 298 g/mol. The lowest BCUT2D eigenvalue weighted by Gasteiger charge is -2.06. The Morgan fingerprint density at radius 3 is 2.82 bits per heavy atom. The molecule has 0 saturated heterocycles. The average Bonchev–Trinajstić information content (AvgIpc) is 2.87. The van der Waals surface area contributed by atoms with Gasteiger partial charge in [-0.05, 0) is 36.2 Å². The van der Waals surface area contributed by atoms with Crippen LogP contribution >= 0.6 is 0 Å². The van der Waals surface area contributed by atoms with Crippen LogP contribution < -0.4 is 15.8 Å². The second-order valence-corrected chi connectivity index (χ2v) is 4.72. The molecule has 6 heteroatoms. The summed E-state index contributed by atoms with van der Waals surface area (Å²) in [6, 6.07) is 14.3. The first kappa shape index (κ1) is 13.9. The van der Waals surface area contributed by atoms with Gasteiger partial charge in [0.05, 0.1) is 5.52 Å². The van der Waals surface area contributed by atoms with Crippen molar-refractivity contribution in [1.82, 2.24) is 10.3 Å². The van der Waals surface area contributed by atoms with Crippen molar-refractivity contribution in [2.45, 2.75) is 6.42 Å². The molecule has 0 aliphatic heterocycles. The summed E-state index contributed by atoms with van der Waals surface area (Å²) >= 11 is 0. The molecule has 6 nitrogen and oxygen atoms in total. The molecule has 0 saturated carbocycles. The number of amides is 1. The first-order valence-electron chi connectivity index (χ1n) is 6.83. The van der Waals surface area contributed by atoms with Gasteiger partial charge in [-0.15, -0.1) is 0 Å². The number of ether oxygens (including phenoxy) is 1. The molecule has 2 aromatic carbocycles. The summed E-state index contributed by atoms with van der Waals surface area (Å²) in [6.07, 6.45) is 0.106. The number of carbonyl (C=O) groups excluding carboxylic acids is 1. The van der Waals surface area contributed by atoms with Crippen molar-refractivity contribution >= 4 is 17.2 Å². The van der Waals surface area contributed by atoms with Crippen LogP contribution in [0.25, 0.3) is 11.1 Å². The Kier molecular flexibility index (Phi) is 3.91. The van der Waals surface area contributed by atoms with Gasteiger partial charge >= 0.3 is 11.8 Å². The van der Waals surface area contributed by atoms with E-state index in [0.717, 1.165) is 5.56 Å². The van der Waals surface area contributed by atoms with Crippen LogP contribution in [0.4, 0.5) is 4.79 Å². The van der Waals surface area contributed by atoms with E-state index in [1.165, 1.54) is 0 Å². The van der Waals surface area contributed by atoms with Crippen molar-refractivity contribution in [3.05, 3.63) is 64.6 Å².